The first-order valence-corrected chi connectivity index (χ1v) is 11.4. The maximum absolute atomic E-state index is 12.6. The van der Waals surface area contributed by atoms with Gasteiger partial charge in [0.2, 0.25) is 0 Å². The summed E-state index contributed by atoms with van der Waals surface area (Å²) >= 11 is 6.81. The Morgan fingerprint density at radius 2 is 1.94 bits per heavy atom. The standard InChI is InChI=1S/C23H22ClNO7S/c1-4-30-22(28)16-9-14(5-7-17(16)24)18-8-6-15(32-18)10-19-21(27)25(23(29)33-19)11-20(26)31-12-13(2)3/h5-10,13H,4,11-12H2,1-3H3/b19-10+. The molecular weight excluding hydrogens is 470 g/mol. The first-order chi connectivity index (χ1) is 15.7. The summed E-state index contributed by atoms with van der Waals surface area (Å²) in [5.74, 6) is -0.888. The monoisotopic (exact) mass is 491 g/mol. The van der Waals surface area contributed by atoms with Gasteiger partial charge in [0.25, 0.3) is 11.1 Å². The van der Waals surface area contributed by atoms with Crippen molar-refractivity contribution >= 4 is 52.5 Å². The lowest BCUT2D eigenvalue weighted by atomic mass is 10.1. The predicted octanol–water partition coefficient (Wildman–Crippen LogP) is 5.01. The molecule has 2 amide bonds. The van der Waals surface area contributed by atoms with E-state index in [1.807, 2.05) is 13.8 Å². The Balaban J connectivity index is 1.75. The molecule has 3 rings (SSSR count). The molecule has 0 saturated carbocycles. The largest absolute Gasteiger partial charge is 0.464 e. The molecule has 1 aromatic heterocycles. The number of carbonyl (C=O) groups is 4. The maximum Gasteiger partial charge on any atom is 0.339 e. The molecule has 8 nitrogen and oxygen atoms in total. The van der Waals surface area contributed by atoms with Gasteiger partial charge in [0.05, 0.1) is 28.7 Å². The van der Waals surface area contributed by atoms with Crippen molar-refractivity contribution in [3.63, 3.8) is 0 Å². The molecule has 0 bridgehead atoms. The molecule has 1 aliphatic heterocycles. The maximum atomic E-state index is 12.6. The number of hydrogen-bond acceptors (Lipinski definition) is 8. The normalized spacial score (nSPS) is 14.9. The van der Waals surface area contributed by atoms with Crippen LogP contribution in [0.5, 0.6) is 0 Å². The van der Waals surface area contributed by atoms with Crippen molar-refractivity contribution < 1.29 is 33.1 Å². The van der Waals surface area contributed by atoms with Gasteiger partial charge in [-0.05, 0) is 54.9 Å². The van der Waals surface area contributed by atoms with Gasteiger partial charge in [0, 0.05) is 11.6 Å². The minimum atomic E-state index is -0.646. The third-order valence-corrected chi connectivity index (χ3v) is 5.62. The van der Waals surface area contributed by atoms with Crippen molar-refractivity contribution in [3.8, 4) is 11.3 Å². The van der Waals surface area contributed by atoms with Gasteiger partial charge in [0.15, 0.2) is 0 Å². The summed E-state index contributed by atoms with van der Waals surface area (Å²) in [6, 6.07) is 8.09. The van der Waals surface area contributed by atoms with Crippen LogP contribution in [0.4, 0.5) is 4.79 Å². The summed E-state index contributed by atoms with van der Waals surface area (Å²) in [6.45, 7) is 5.45. The lowest BCUT2D eigenvalue weighted by molar-refractivity contribution is -0.147. The number of carbonyl (C=O) groups excluding carboxylic acids is 4. The lowest BCUT2D eigenvalue weighted by Crippen LogP contribution is -2.34. The minimum Gasteiger partial charge on any atom is -0.464 e. The van der Waals surface area contributed by atoms with Gasteiger partial charge >= 0.3 is 11.9 Å². The molecule has 0 spiro atoms. The summed E-state index contributed by atoms with van der Waals surface area (Å²) in [5.41, 5.74) is 0.794. The van der Waals surface area contributed by atoms with Crippen molar-refractivity contribution in [3.05, 3.63) is 51.6 Å². The Bertz CT molecular complexity index is 1120. The zero-order chi connectivity index (χ0) is 24.1. The average molecular weight is 492 g/mol. The van der Waals surface area contributed by atoms with Gasteiger partial charge in [-0.1, -0.05) is 25.4 Å². The van der Waals surface area contributed by atoms with Crippen LogP contribution >= 0.6 is 23.4 Å². The molecule has 33 heavy (non-hydrogen) atoms. The van der Waals surface area contributed by atoms with Crippen molar-refractivity contribution in [2.24, 2.45) is 5.92 Å². The molecule has 1 aromatic carbocycles. The third kappa shape index (κ3) is 6.06. The van der Waals surface area contributed by atoms with E-state index in [0.717, 1.165) is 4.90 Å². The summed E-state index contributed by atoms with van der Waals surface area (Å²) in [7, 11) is 0. The first-order valence-electron chi connectivity index (χ1n) is 10.2. The molecule has 0 radical (unpaired) electrons. The average Bonchev–Trinajstić information content (AvgIpc) is 3.33. The Morgan fingerprint density at radius 1 is 1.18 bits per heavy atom. The van der Waals surface area contributed by atoms with Crippen LogP contribution in [0.25, 0.3) is 17.4 Å². The van der Waals surface area contributed by atoms with E-state index < -0.39 is 29.6 Å². The molecular formula is C23H22ClNO7S. The van der Waals surface area contributed by atoms with Crippen molar-refractivity contribution in [2.45, 2.75) is 20.8 Å². The van der Waals surface area contributed by atoms with Gasteiger partial charge in [-0.2, -0.15) is 0 Å². The number of amides is 2. The fraction of sp³-hybridized carbons (Fsp3) is 0.304. The molecule has 0 N–H and O–H groups in total. The fourth-order valence-electron chi connectivity index (χ4n) is 2.83. The van der Waals surface area contributed by atoms with Crippen molar-refractivity contribution in [2.75, 3.05) is 19.8 Å². The molecule has 0 atom stereocenters. The topological polar surface area (TPSA) is 103 Å². The van der Waals surface area contributed by atoms with Crippen LogP contribution in [-0.2, 0) is 19.1 Å². The number of nitrogens with zero attached hydrogens (tertiary/aromatic N) is 1. The van der Waals surface area contributed by atoms with Crippen LogP contribution in [0.1, 0.15) is 36.9 Å². The van der Waals surface area contributed by atoms with E-state index in [-0.39, 0.29) is 34.6 Å². The zero-order valence-electron chi connectivity index (χ0n) is 18.3. The molecule has 1 aliphatic rings. The number of ether oxygens (including phenoxy) is 2. The minimum absolute atomic E-state index is 0.126. The number of halogens is 1. The quantitative estimate of drug-likeness (QED) is 0.375. The number of imide groups is 1. The lowest BCUT2D eigenvalue weighted by Gasteiger charge is -2.12. The van der Waals surface area contributed by atoms with E-state index in [1.165, 1.54) is 6.08 Å². The van der Waals surface area contributed by atoms with E-state index in [0.29, 0.717) is 28.8 Å². The van der Waals surface area contributed by atoms with Crippen LogP contribution in [0, 0.1) is 5.92 Å². The van der Waals surface area contributed by atoms with E-state index in [4.69, 9.17) is 25.5 Å². The van der Waals surface area contributed by atoms with Gasteiger partial charge in [-0.15, -0.1) is 0 Å². The highest BCUT2D eigenvalue weighted by Gasteiger charge is 2.37. The van der Waals surface area contributed by atoms with Gasteiger partial charge in [0.1, 0.15) is 18.1 Å². The molecule has 0 aliphatic carbocycles. The fourth-order valence-corrected chi connectivity index (χ4v) is 3.84. The summed E-state index contributed by atoms with van der Waals surface area (Å²) < 4.78 is 15.8. The molecule has 10 heteroatoms. The Morgan fingerprint density at radius 3 is 2.64 bits per heavy atom. The second-order valence-electron chi connectivity index (χ2n) is 7.46. The second-order valence-corrected chi connectivity index (χ2v) is 8.86. The number of hydrogen-bond donors (Lipinski definition) is 0. The number of thioether (sulfide) groups is 1. The number of benzene rings is 1. The molecule has 1 fully saturated rings. The number of rotatable bonds is 8. The Hall–Kier alpha value is -3.04. The van der Waals surface area contributed by atoms with Crippen molar-refractivity contribution in [1.82, 2.24) is 4.90 Å². The van der Waals surface area contributed by atoms with E-state index >= 15 is 0 Å². The van der Waals surface area contributed by atoms with Crippen LogP contribution in [0.3, 0.4) is 0 Å². The van der Waals surface area contributed by atoms with Crippen LogP contribution in [0.15, 0.2) is 39.7 Å². The predicted molar refractivity (Wildman–Crippen MR) is 124 cm³/mol. The van der Waals surface area contributed by atoms with Gasteiger partial charge < -0.3 is 13.9 Å². The summed E-state index contributed by atoms with van der Waals surface area (Å²) in [5, 5.41) is -0.305. The van der Waals surface area contributed by atoms with E-state index in [1.54, 1.807) is 37.3 Å². The highest BCUT2D eigenvalue weighted by molar-refractivity contribution is 8.18. The molecule has 2 heterocycles. The number of furan rings is 1. The molecule has 0 unspecified atom stereocenters. The first kappa shape index (κ1) is 24.6. The van der Waals surface area contributed by atoms with Gasteiger partial charge in [-0.25, -0.2) is 4.79 Å². The van der Waals surface area contributed by atoms with Crippen LogP contribution in [-0.4, -0.2) is 47.7 Å². The number of esters is 2. The third-order valence-electron chi connectivity index (χ3n) is 4.38. The Labute approximate surface area is 199 Å². The van der Waals surface area contributed by atoms with Crippen molar-refractivity contribution in [1.29, 1.82) is 0 Å². The van der Waals surface area contributed by atoms with Crippen LogP contribution < -0.4 is 0 Å². The van der Waals surface area contributed by atoms with E-state index in [9.17, 15) is 19.2 Å². The van der Waals surface area contributed by atoms with Crippen LogP contribution in [0.2, 0.25) is 5.02 Å². The molecule has 174 valence electrons. The summed E-state index contributed by atoms with van der Waals surface area (Å²) in [6.07, 6.45) is 1.43. The summed E-state index contributed by atoms with van der Waals surface area (Å²) in [4.78, 5) is 49.7. The zero-order valence-corrected chi connectivity index (χ0v) is 19.8. The van der Waals surface area contributed by atoms with E-state index in [2.05, 4.69) is 0 Å². The molecule has 2 aromatic rings. The molecule has 1 saturated heterocycles. The Kier molecular flexibility index (Phi) is 7.99. The second kappa shape index (κ2) is 10.7. The SMILES string of the molecule is CCOC(=O)c1cc(-c2ccc(/C=C3/SC(=O)N(CC(=O)OCC(C)C)C3=O)o2)ccc1Cl. The smallest absolute Gasteiger partial charge is 0.339 e. The van der Waals surface area contributed by atoms with Gasteiger partial charge in [-0.3, -0.25) is 19.3 Å². The highest BCUT2D eigenvalue weighted by Crippen LogP contribution is 2.34. The highest BCUT2D eigenvalue weighted by atomic mass is 35.5.